The Morgan fingerprint density at radius 2 is 1.50 bits per heavy atom. The van der Waals surface area contributed by atoms with Crippen molar-refractivity contribution >= 4 is 34.4 Å². The van der Waals surface area contributed by atoms with Crippen LogP contribution in [0.25, 0.3) is 0 Å². The van der Waals surface area contributed by atoms with E-state index >= 15 is 0 Å². The van der Waals surface area contributed by atoms with E-state index in [2.05, 4.69) is 0 Å². The highest BCUT2D eigenvalue weighted by Gasteiger charge is 2.33. The van der Waals surface area contributed by atoms with Crippen molar-refractivity contribution in [3.63, 3.8) is 0 Å². The van der Waals surface area contributed by atoms with Gasteiger partial charge in [-0.05, 0) is 12.1 Å². The second-order valence-corrected chi connectivity index (χ2v) is 4.72. The summed E-state index contributed by atoms with van der Waals surface area (Å²) in [7, 11) is 0. The third-order valence-electron chi connectivity index (χ3n) is 2.84. The third-order valence-corrected chi connectivity index (χ3v) is 3.25. The number of nitro groups is 3. The lowest BCUT2D eigenvalue weighted by Crippen LogP contribution is -2.01. The van der Waals surface area contributed by atoms with Gasteiger partial charge < -0.3 is 10.5 Å². The largest absolute Gasteiger partial charge is 0.442 e. The van der Waals surface area contributed by atoms with Crippen LogP contribution >= 0.6 is 11.6 Å². The van der Waals surface area contributed by atoms with Gasteiger partial charge in [0.25, 0.3) is 11.4 Å². The van der Waals surface area contributed by atoms with Crippen LogP contribution in [0.3, 0.4) is 0 Å². The van der Waals surface area contributed by atoms with Gasteiger partial charge in [-0.3, -0.25) is 30.3 Å². The maximum atomic E-state index is 11.1. The van der Waals surface area contributed by atoms with Crippen molar-refractivity contribution in [3.8, 4) is 11.5 Å². The van der Waals surface area contributed by atoms with Gasteiger partial charge in [-0.15, -0.1) is 0 Å². The Balaban J connectivity index is 2.71. The number of hydrogen-bond donors (Lipinski definition) is 1. The molecule has 0 amide bonds. The first-order valence-corrected chi connectivity index (χ1v) is 6.43. The molecule has 2 aromatic carbocycles. The minimum atomic E-state index is -1.03. The van der Waals surface area contributed by atoms with Crippen LogP contribution in [0, 0.1) is 30.3 Å². The molecule has 0 radical (unpaired) electrons. The molecular formula is C12H7ClN4O7. The van der Waals surface area contributed by atoms with E-state index in [1.807, 2.05) is 0 Å². The number of ether oxygens (including phenoxy) is 1. The number of nitrogens with two attached hydrogens (primary N) is 1. The van der Waals surface area contributed by atoms with E-state index in [-0.39, 0.29) is 16.5 Å². The monoisotopic (exact) mass is 354 g/mol. The summed E-state index contributed by atoms with van der Waals surface area (Å²) in [6, 6.07) is 5.24. The van der Waals surface area contributed by atoms with Crippen molar-refractivity contribution in [2.75, 3.05) is 5.73 Å². The van der Waals surface area contributed by atoms with E-state index in [9.17, 15) is 30.3 Å². The number of nitro benzene ring substituents is 3. The molecule has 2 aromatic rings. The van der Waals surface area contributed by atoms with Crippen molar-refractivity contribution in [1.29, 1.82) is 0 Å². The zero-order valence-electron chi connectivity index (χ0n) is 11.5. The smallest absolute Gasteiger partial charge is 0.325 e. The van der Waals surface area contributed by atoms with E-state index in [0.29, 0.717) is 12.1 Å². The minimum absolute atomic E-state index is 0.0846. The second kappa shape index (κ2) is 6.34. The summed E-state index contributed by atoms with van der Waals surface area (Å²) in [5.41, 5.74) is 2.93. The van der Waals surface area contributed by atoms with Crippen LogP contribution in [0.2, 0.25) is 5.02 Å². The third kappa shape index (κ3) is 3.15. The fourth-order valence-electron chi connectivity index (χ4n) is 1.78. The molecule has 0 fully saturated rings. The summed E-state index contributed by atoms with van der Waals surface area (Å²) in [5.74, 6) is -0.959. The lowest BCUT2D eigenvalue weighted by Gasteiger charge is -2.09. The Labute approximate surface area is 137 Å². The minimum Gasteiger partial charge on any atom is -0.442 e. The van der Waals surface area contributed by atoms with Crippen molar-refractivity contribution < 1.29 is 19.5 Å². The summed E-state index contributed by atoms with van der Waals surface area (Å²) < 4.78 is 5.19. The number of non-ortho nitro benzene ring substituents is 1. The molecule has 0 aliphatic heterocycles. The molecule has 0 heterocycles. The Morgan fingerprint density at radius 3 is 1.96 bits per heavy atom. The fraction of sp³-hybridized carbons (Fsp3) is 0. The Kier molecular flexibility index (Phi) is 4.46. The first-order valence-electron chi connectivity index (χ1n) is 6.05. The van der Waals surface area contributed by atoms with Gasteiger partial charge in [0.2, 0.25) is 0 Å². The average Bonchev–Trinajstić information content (AvgIpc) is 2.51. The number of nitrogens with zero attached hydrogens (tertiary/aromatic N) is 3. The van der Waals surface area contributed by atoms with Gasteiger partial charge in [-0.2, -0.15) is 0 Å². The molecule has 124 valence electrons. The second-order valence-electron chi connectivity index (χ2n) is 4.35. The van der Waals surface area contributed by atoms with Gasteiger partial charge in [0.15, 0.2) is 0 Å². The number of anilines is 1. The molecule has 0 bridgehead atoms. The van der Waals surface area contributed by atoms with E-state index in [1.54, 1.807) is 0 Å². The molecule has 2 rings (SSSR count). The Hall–Kier alpha value is -3.47. The highest BCUT2D eigenvalue weighted by molar-refractivity contribution is 6.34. The first-order chi connectivity index (χ1) is 11.2. The van der Waals surface area contributed by atoms with Crippen LogP contribution < -0.4 is 10.5 Å². The molecule has 2 N–H and O–H groups in total. The van der Waals surface area contributed by atoms with Gasteiger partial charge in [0.1, 0.15) is 10.8 Å². The predicted molar refractivity (Wildman–Crippen MR) is 82.3 cm³/mol. The van der Waals surface area contributed by atoms with Crippen LogP contribution in [0.5, 0.6) is 11.5 Å². The van der Waals surface area contributed by atoms with Crippen LogP contribution in [0.1, 0.15) is 0 Å². The summed E-state index contributed by atoms with van der Waals surface area (Å²) in [6.45, 7) is 0. The molecule has 0 aliphatic rings. The van der Waals surface area contributed by atoms with Crippen LogP contribution in [-0.2, 0) is 0 Å². The summed E-state index contributed by atoms with van der Waals surface area (Å²) in [6.07, 6.45) is 0. The van der Waals surface area contributed by atoms with Crippen molar-refractivity contribution in [2.24, 2.45) is 0 Å². The van der Waals surface area contributed by atoms with Gasteiger partial charge >= 0.3 is 11.4 Å². The Bertz CT molecular complexity index is 835. The van der Waals surface area contributed by atoms with Crippen LogP contribution in [-0.4, -0.2) is 14.8 Å². The lowest BCUT2D eigenvalue weighted by molar-refractivity contribution is -0.404. The molecule has 24 heavy (non-hydrogen) atoms. The highest BCUT2D eigenvalue weighted by atomic mass is 35.5. The molecule has 0 spiro atoms. The maximum Gasteiger partial charge on any atom is 0.325 e. The quantitative estimate of drug-likeness (QED) is 0.484. The van der Waals surface area contributed by atoms with E-state index in [1.165, 1.54) is 18.2 Å². The van der Waals surface area contributed by atoms with Gasteiger partial charge in [0, 0.05) is 0 Å². The van der Waals surface area contributed by atoms with E-state index in [0.717, 1.165) is 0 Å². The summed E-state index contributed by atoms with van der Waals surface area (Å²) in [4.78, 5) is 30.0. The predicted octanol–water partition coefficient (Wildman–Crippen LogP) is 3.44. The van der Waals surface area contributed by atoms with Crippen molar-refractivity contribution in [3.05, 3.63) is 65.7 Å². The molecule has 0 atom stereocenters. The lowest BCUT2D eigenvalue weighted by atomic mass is 10.2. The maximum absolute atomic E-state index is 11.1. The van der Waals surface area contributed by atoms with Crippen molar-refractivity contribution in [1.82, 2.24) is 0 Å². The molecule has 12 heteroatoms. The highest BCUT2D eigenvalue weighted by Crippen LogP contribution is 2.44. The first kappa shape index (κ1) is 16.9. The number of hydrogen-bond acceptors (Lipinski definition) is 8. The number of nitrogen functional groups attached to an aromatic ring is 1. The standard InChI is InChI=1S/C12H7ClN4O7/c13-11-7(14)2-1-3-10(11)24-12-8(16(20)21)4-6(15(18)19)5-9(12)17(22)23/h1-5H,14H2. The molecule has 0 aliphatic carbocycles. The van der Waals surface area contributed by atoms with Crippen LogP contribution in [0.15, 0.2) is 30.3 Å². The fourth-order valence-corrected chi connectivity index (χ4v) is 1.95. The molecular weight excluding hydrogens is 348 g/mol. The number of rotatable bonds is 5. The molecule has 0 unspecified atom stereocenters. The Morgan fingerprint density at radius 1 is 0.958 bits per heavy atom. The SMILES string of the molecule is Nc1cccc(Oc2c([N+](=O)[O-])cc([N+](=O)[O-])cc2[N+](=O)[O-])c1Cl. The average molecular weight is 355 g/mol. The molecule has 11 nitrogen and oxygen atoms in total. The van der Waals surface area contributed by atoms with E-state index < -0.39 is 37.6 Å². The van der Waals surface area contributed by atoms with E-state index in [4.69, 9.17) is 22.1 Å². The topological polar surface area (TPSA) is 165 Å². The summed E-state index contributed by atoms with van der Waals surface area (Å²) in [5, 5.41) is 33.0. The molecule has 0 saturated heterocycles. The van der Waals surface area contributed by atoms with Crippen molar-refractivity contribution in [2.45, 2.75) is 0 Å². The molecule has 0 aromatic heterocycles. The summed E-state index contributed by atoms with van der Waals surface area (Å²) >= 11 is 5.89. The van der Waals surface area contributed by atoms with Gasteiger partial charge in [0.05, 0.1) is 32.6 Å². The van der Waals surface area contributed by atoms with Gasteiger partial charge in [-0.1, -0.05) is 17.7 Å². The van der Waals surface area contributed by atoms with Crippen LogP contribution in [0.4, 0.5) is 22.7 Å². The number of halogens is 1. The zero-order chi connectivity index (χ0) is 18.0. The zero-order valence-corrected chi connectivity index (χ0v) is 12.3. The van der Waals surface area contributed by atoms with Gasteiger partial charge in [-0.25, -0.2) is 0 Å². The molecule has 0 saturated carbocycles. The normalized spacial score (nSPS) is 10.2. The number of benzene rings is 2.